The van der Waals surface area contributed by atoms with Gasteiger partial charge < -0.3 is 20.1 Å². The Balaban J connectivity index is 1.27. The standard InChI is InChI=1S/C22H34N6O2/c1(9-27-11-15-29-16-12-27)5-23-19-3-7-26-22-20(4-8-25-21(19)22)24-6-2-10-28-13-17-30-18-14-28/h3-4,7-8H,1-2,5-6,9-18H2,(H,23,26)(H,24,25). The van der Waals surface area contributed by atoms with Crippen molar-refractivity contribution in [1.29, 1.82) is 0 Å². The van der Waals surface area contributed by atoms with Gasteiger partial charge in [0.2, 0.25) is 0 Å². The molecule has 0 aliphatic carbocycles. The number of morpholine rings is 2. The Hall–Kier alpha value is -2.00. The lowest BCUT2D eigenvalue weighted by Gasteiger charge is -2.26. The van der Waals surface area contributed by atoms with Crippen molar-refractivity contribution < 1.29 is 9.47 Å². The Kier molecular flexibility index (Phi) is 8.08. The third-order valence-electron chi connectivity index (χ3n) is 5.76. The molecule has 8 heteroatoms. The van der Waals surface area contributed by atoms with Crippen molar-refractivity contribution in [2.45, 2.75) is 12.8 Å². The average Bonchev–Trinajstić information content (AvgIpc) is 2.81. The number of pyridine rings is 2. The molecule has 0 atom stereocenters. The molecule has 8 nitrogen and oxygen atoms in total. The first kappa shape index (κ1) is 21.2. The molecule has 0 amide bonds. The molecular weight excluding hydrogens is 380 g/mol. The van der Waals surface area contributed by atoms with E-state index in [1.54, 1.807) is 0 Å². The van der Waals surface area contributed by atoms with E-state index in [0.29, 0.717) is 0 Å². The van der Waals surface area contributed by atoms with Gasteiger partial charge in [-0.2, -0.15) is 0 Å². The zero-order chi connectivity index (χ0) is 20.4. The molecule has 2 aliphatic heterocycles. The highest BCUT2D eigenvalue weighted by atomic mass is 16.5. The Morgan fingerprint density at radius 1 is 0.700 bits per heavy atom. The summed E-state index contributed by atoms with van der Waals surface area (Å²) in [7, 11) is 0. The van der Waals surface area contributed by atoms with Crippen LogP contribution in [-0.4, -0.2) is 98.6 Å². The molecule has 0 unspecified atom stereocenters. The van der Waals surface area contributed by atoms with Gasteiger partial charge in [-0.3, -0.25) is 19.8 Å². The maximum absolute atomic E-state index is 5.41. The topological polar surface area (TPSA) is 74.8 Å². The molecule has 2 fully saturated rings. The van der Waals surface area contributed by atoms with Crippen LogP contribution >= 0.6 is 0 Å². The van der Waals surface area contributed by atoms with Gasteiger partial charge in [-0.05, 0) is 38.1 Å². The second-order valence-electron chi connectivity index (χ2n) is 7.88. The van der Waals surface area contributed by atoms with E-state index in [0.717, 1.165) is 114 Å². The number of aromatic nitrogens is 2. The highest BCUT2D eigenvalue weighted by molar-refractivity contribution is 5.95. The summed E-state index contributed by atoms with van der Waals surface area (Å²) in [5.41, 5.74) is 3.97. The van der Waals surface area contributed by atoms with E-state index in [9.17, 15) is 0 Å². The van der Waals surface area contributed by atoms with E-state index in [1.807, 2.05) is 24.5 Å². The number of hydrogen-bond acceptors (Lipinski definition) is 8. The zero-order valence-corrected chi connectivity index (χ0v) is 17.8. The summed E-state index contributed by atoms with van der Waals surface area (Å²) in [5, 5.41) is 7.12. The molecule has 4 rings (SSSR count). The second-order valence-corrected chi connectivity index (χ2v) is 7.88. The normalized spacial score (nSPS) is 18.5. The molecule has 4 heterocycles. The number of ether oxygens (including phenoxy) is 2. The van der Waals surface area contributed by atoms with Crippen LogP contribution in [0.25, 0.3) is 11.0 Å². The molecule has 0 saturated carbocycles. The first-order valence-corrected chi connectivity index (χ1v) is 11.2. The van der Waals surface area contributed by atoms with Gasteiger partial charge in [-0.25, -0.2) is 0 Å². The van der Waals surface area contributed by atoms with Crippen LogP contribution in [0.15, 0.2) is 24.5 Å². The lowest BCUT2D eigenvalue weighted by Crippen LogP contribution is -2.37. The molecule has 2 N–H and O–H groups in total. The lowest BCUT2D eigenvalue weighted by atomic mass is 10.2. The van der Waals surface area contributed by atoms with Crippen molar-refractivity contribution >= 4 is 22.4 Å². The summed E-state index contributed by atoms with van der Waals surface area (Å²) in [5.74, 6) is 0. The summed E-state index contributed by atoms with van der Waals surface area (Å²) in [6.45, 7) is 11.6. The Bertz CT molecular complexity index is 712. The SMILES string of the molecule is c1cc(NCCCN2CCOCC2)c2nccc(NCCCN3CCOCC3)c2n1. The van der Waals surface area contributed by atoms with Crippen molar-refractivity contribution in [1.82, 2.24) is 19.8 Å². The number of anilines is 2. The van der Waals surface area contributed by atoms with Crippen molar-refractivity contribution in [2.24, 2.45) is 0 Å². The monoisotopic (exact) mass is 414 g/mol. The highest BCUT2D eigenvalue weighted by Gasteiger charge is 2.11. The molecule has 2 aliphatic rings. The van der Waals surface area contributed by atoms with Crippen molar-refractivity contribution in [2.75, 3.05) is 89.4 Å². The number of nitrogens with zero attached hydrogens (tertiary/aromatic N) is 4. The van der Waals surface area contributed by atoms with Crippen LogP contribution in [0.3, 0.4) is 0 Å². The van der Waals surface area contributed by atoms with Crippen molar-refractivity contribution in [3.63, 3.8) is 0 Å². The molecule has 2 aromatic rings. The predicted octanol–water partition coefficient (Wildman–Crippen LogP) is 1.90. The van der Waals surface area contributed by atoms with Crippen LogP contribution in [0, 0.1) is 0 Å². The maximum atomic E-state index is 5.41. The molecule has 30 heavy (non-hydrogen) atoms. The average molecular weight is 415 g/mol. The maximum Gasteiger partial charge on any atom is 0.114 e. The van der Waals surface area contributed by atoms with E-state index in [4.69, 9.17) is 9.47 Å². The van der Waals surface area contributed by atoms with Crippen LogP contribution < -0.4 is 10.6 Å². The summed E-state index contributed by atoms with van der Waals surface area (Å²) in [6.07, 6.45) is 5.94. The highest BCUT2D eigenvalue weighted by Crippen LogP contribution is 2.25. The molecular formula is C22H34N6O2. The third kappa shape index (κ3) is 6.01. The molecule has 0 bridgehead atoms. The van der Waals surface area contributed by atoms with E-state index >= 15 is 0 Å². The predicted molar refractivity (Wildman–Crippen MR) is 120 cm³/mol. The number of fused-ring (bicyclic) bond motifs is 1. The molecule has 2 saturated heterocycles. The van der Waals surface area contributed by atoms with Crippen molar-refractivity contribution in [3.05, 3.63) is 24.5 Å². The molecule has 0 spiro atoms. The minimum atomic E-state index is 0.856. The lowest BCUT2D eigenvalue weighted by molar-refractivity contribution is 0.0378. The number of nitrogens with one attached hydrogen (secondary N) is 2. The fourth-order valence-electron chi connectivity index (χ4n) is 4.03. The van der Waals surface area contributed by atoms with Gasteiger partial charge in [-0.15, -0.1) is 0 Å². The third-order valence-corrected chi connectivity index (χ3v) is 5.76. The van der Waals surface area contributed by atoms with Crippen LogP contribution in [0.5, 0.6) is 0 Å². The number of rotatable bonds is 10. The largest absolute Gasteiger partial charge is 0.383 e. The first-order chi connectivity index (χ1) is 14.9. The van der Waals surface area contributed by atoms with E-state index in [1.165, 1.54) is 0 Å². The molecule has 164 valence electrons. The van der Waals surface area contributed by atoms with Crippen LogP contribution in [-0.2, 0) is 9.47 Å². The zero-order valence-electron chi connectivity index (χ0n) is 17.8. The van der Waals surface area contributed by atoms with Gasteiger partial charge in [0.25, 0.3) is 0 Å². The van der Waals surface area contributed by atoms with Crippen molar-refractivity contribution in [3.8, 4) is 0 Å². The molecule has 0 radical (unpaired) electrons. The second kappa shape index (κ2) is 11.4. The van der Waals surface area contributed by atoms with Gasteiger partial charge in [0.1, 0.15) is 11.0 Å². The van der Waals surface area contributed by atoms with Crippen LogP contribution in [0.2, 0.25) is 0 Å². The quantitative estimate of drug-likeness (QED) is 0.571. The van der Waals surface area contributed by atoms with E-state index < -0.39 is 0 Å². The van der Waals surface area contributed by atoms with Crippen LogP contribution in [0.4, 0.5) is 11.4 Å². The Morgan fingerprint density at radius 2 is 1.13 bits per heavy atom. The summed E-state index contributed by atoms with van der Waals surface area (Å²) >= 11 is 0. The summed E-state index contributed by atoms with van der Waals surface area (Å²) in [4.78, 5) is 14.1. The van der Waals surface area contributed by atoms with Gasteiger partial charge in [0, 0.05) is 51.7 Å². The molecule has 2 aromatic heterocycles. The fourth-order valence-corrected chi connectivity index (χ4v) is 4.03. The van der Waals surface area contributed by atoms with Gasteiger partial charge in [0.05, 0.1) is 37.8 Å². The summed E-state index contributed by atoms with van der Waals surface area (Å²) in [6, 6.07) is 4.04. The molecule has 0 aromatic carbocycles. The van der Waals surface area contributed by atoms with E-state index in [-0.39, 0.29) is 0 Å². The number of hydrogen-bond donors (Lipinski definition) is 2. The minimum Gasteiger partial charge on any atom is -0.383 e. The van der Waals surface area contributed by atoms with E-state index in [2.05, 4.69) is 30.4 Å². The van der Waals surface area contributed by atoms with Gasteiger partial charge in [-0.1, -0.05) is 0 Å². The minimum absolute atomic E-state index is 0.856. The van der Waals surface area contributed by atoms with Crippen LogP contribution in [0.1, 0.15) is 12.8 Å². The van der Waals surface area contributed by atoms with Gasteiger partial charge >= 0.3 is 0 Å². The summed E-state index contributed by atoms with van der Waals surface area (Å²) < 4.78 is 10.8. The Morgan fingerprint density at radius 3 is 1.57 bits per heavy atom. The van der Waals surface area contributed by atoms with Gasteiger partial charge in [0.15, 0.2) is 0 Å². The smallest absolute Gasteiger partial charge is 0.114 e. The Labute approximate surface area is 178 Å². The fraction of sp³-hybridized carbons (Fsp3) is 0.636. The first-order valence-electron chi connectivity index (χ1n) is 11.2.